The first-order valence-electron chi connectivity index (χ1n) is 16.7. The number of benzene rings is 5. The molecule has 1 unspecified atom stereocenters. The van der Waals surface area contributed by atoms with Crippen LogP contribution in [0.15, 0.2) is 102 Å². The topological polar surface area (TPSA) is 0 Å². The molecule has 0 heterocycles. The van der Waals surface area contributed by atoms with Gasteiger partial charge in [0.05, 0.1) is 0 Å². The van der Waals surface area contributed by atoms with E-state index in [4.69, 9.17) is 11.6 Å². The molecule has 0 saturated heterocycles. The Bertz CT molecular complexity index is 1900. The largest absolute Gasteiger partial charge is 0.0843 e. The summed E-state index contributed by atoms with van der Waals surface area (Å²) in [5.74, 6) is 0. The van der Waals surface area contributed by atoms with Gasteiger partial charge < -0.3 is 0 Å². The third kappa shape index (κ3) is 5.31. The molecule has 0 N–H and O–H groups in total. The third-order valence-electron chi connectivity index (χ3n) is 10.7. The van der Waals surface area contributed by atoms with Gasteiger partial charge in [0.2, 0.25) is 0 Å². The lowest BCUT2D eigenvalue weighted by molar-refractivity contribution is 0.480. The molecule has 228 valence electrons. The van der Waals surface area contributed by atoms with E-state index in [0.717, 1.165) is 5.02 Å². The van der Waals surface area contributed by atoms with Gasteiger partial charge >= 0.3 is 0 Å². The van der Waals surface area contributed by atoms with Crippen molar-refractivity contribution in [3.8, 4) is 44.5 Å². The van der Waals surface area contributed by atoms with Crippen LogP contribution in [0.5, 0.6) is 0 Å². The summed E-state index contributed by atoms with van der Waals surface area (Å²) in [4.78, 5) is 0. The van der Waals surface area contributed by atoms with Crippen LogP contribution in [0.25, 0.3) is 44.5 Å². The van der Waals surface area contributed by atoms with E-state index >= 15 is 0 Å². The van der Waals surface area contributed by atoms with Crippen LogP contribution >= 0.6 is 27.5 Å². The van der Waals surface area contributed by atoms with E-state index in [9.17, 15) is 0 Å². The lowest BCUT2D eigenvalue weighted by atomic mass is 9.75. The highest BCUT2D eigenvalue weighted by atomic mass is 79.9. The fourth-order valence-corrected chi connectivity index (χ4v) is 8.52. The molecule has 0 radical (unpaired) electrons. The minimum absolute atomic E-state index is 0.0134. The van der Waals surface area contributed by atoms with Crippen LogP contribution in [0.3, 0.4) is 0 Å². The fraction of sp³-hybridized carbons (Fsp3) is 0.302. The van der Waals surface area contributed by atoms with Crippen LogP contribution in [-0.4, -0.2) is 0 Å². The molecule has 45 heavy (non-hydrogen) atoms. The average Bonchev–Trinajstić information content (AvgIpc) is 3.42. The van der Waals surface area contributed by atoms with Crippen molar-refractivity contribution >= 4 is 27.5 Å². The van der Waals surface area contributed by atoms with Gasteiger partial charge in [0.25, 0.3) is 0 Å². The smallest absolute Gasteiger partial charge is 0.0406 e. The van der Waals surface area contributed by atoms with Crippen molar-refractivity contribution in [2.45, 2.75) is 83.5 Å². The van der Waals surface area contributed by atoms with Gasteiger partial charge in [-0.15, -0.1) is 0 Å². The summed E-state index contributed by atoms with van der Waals surface area (Å²) in [5.41, 5.74) is 16.2. The fourth-order valence-electron chi connectivity index (χ4n) is 8.04. The number of hydrogen-bond acceptors (Lipinski definition) is 0. The molecule has 0 spiro atoms. The van der Waals surface area contributed by atoms with Crippen LogP contribution < -0.4 is 0 Å². The summed E-state index contributed by atoms with van der Waals surface area (Å²) < 4.78 is 1.17. The molecule has 2 heteroatoms. The molecular formula is C43H42BrCl. The van der Waals surface area contributed by atoms with E-state index in [1.165, 1.54) is 116 Å². The van der Waals surface area contributed by atoms with Gasteiger partial charge in [0.1, 0.15) is 0 Å². The third-order valence-corrected chi connectivity index (χ3v) is 11.4. The van der Waals surface area contributed by atoms with Crippen LogP contribution in [-0.2, 0) is 10.8 Å². The Morgan fingerprint density at radius 2 is 0.956 bits per heavy atom. The minimum Gasteiger partial charge on any atom is -0.0843 e. The highest BCUT2D eigenvalue weighted by molar-refractivity contribution is 9.10. The summed E-state index contributed by atoms with van der Waals surface area (Å²) in [7, 11) is 0. The first-order chi connectivity index (χ1) is 21.7. The lowest BCUT2D eigenvalue weighted by Gasteiger charge is -2.28. The molecule has 0 saturated carbocycles. The number of hydrogen-bond donors (Lipinski definition) is 0. The highest BCUT2D eigenvalue weighted by Gasteiger charge is 2.40. The number of halogens is 2. The zero-order valence-corrected chi connectivity index (χ0v) is 29.3. The standard InChI is InChI=1S/C43H42BrCl/c1-5-6-7-8-9-10-23-43(4)40-26-31(15-21-36(40)37-22-16-32(44)27-41(37)43)30-14-20-35-34-19-13-29(28-11-17-33(45)18-12-28)24-38(34)42(2,3)39(35)25-30/h11-22,24-27H,5-10,23H2,1-4H3. The molecule has 0 fully saturated rings. The van der Waals surface area contributed by atoms with Crippen LogP contribution in [0, 0.1) is 0 Å². The zero-order valence-electron chi connectivity index (χ0n) is 26.9. The molecule has 2 aliphatic carbocycles. The zero-order chi connectivity index (χ0) is 31.3. The van der Waals surface area contributed by atoms with Crippen LogP contribution in [0.4, 0.5) is 0 Å². The van der Waals surface area contributed by atoms with Gasteiger partial charge in [-0.1, -0.05) is 148 Å². The first-order valence-corrected chi connectivity index (χ1v) is 17.9. The predicted octanol–water partition coefficient (Wildman–Crippen LogP) is 13.8. The molecule has 5 aromatic carbocycles. The van der Waals surface area contributed by atoms with Gasteiger partial charge in [-0.05, 0) is 116 Å². The Morgan fingerprint density at radius 1 is 0.511 bits per heavy atom. The second-order valence-corrected chi connectivity index (χ2v) is 15.3. The summed E-state index contributed by atoms with van der Waals surface area (Å²) in [6.07, 6.45) is 9.11. The molecule has 0 bridgehead atoms. The quantitative estimate of drug-likeness (QED) is 0.137. The van der Waals surface area contributed by atoms with Gasteiger partial charge in [0, 0.05) is 20.3 Å². The SMILES string of the molecule is CCCCCCCCC1(C)c2cc(Br)ccc2-c2ccc(-c3ccc4c(c3)C(C)(C)c3cc(-c5ccc(Cl)cc5)ccc3-4)cc21. The normalized spacial score (nSPS) is 17.1. The average molecular weight is 674 g/mol. The molecule has 2 aliphatic rings. The summed E-state index contributed by atoms with van der Waals surface area (Å²) in [6, 6.07) is 36.4. The lowest BCUT2D eigenvalue weighted by Crippen LogP contribution is -2.20. The van der Waals surface area contributed by atoms with Crippen molar-refractivity contribution in [1.29, 1.82) is 0 Å². The molecule has 0 amide bonds. The second kappa shape index (κ2) is 11.9. The highest BCUT2D eigenvalue weighted by Crippen LogP contribution is 2.54. The van der Waals surface area contributed by atoms with E-state index in [-0.39, 0.29) is 10.8 Å². The maximum absolute atomic E-state index is 6.18. The molecular weight excluding hydrogens is 632 g/mol. The van der Waals surface area contributed by atoms with Crippen molar-refractivity contribution in [3.63, 3.8) is 0 Å². The summed E-state index contributed by atoms with van der Waals surface area (Å²) in [5, 5.41) is 0.770. The van der Waals surface area contributed by atoms with E-state index in [1.807, 2.05) is 12.1 Å². The predicted molar refractivity (Wildman–Crippen MR) is 197 cm³/mol. The molecule has 0 nitrogen and oxygen atoms in total. The summed E-state index contributed by atoms with van der Waals surface area (Å²) >= 11 is 9.97. The van der Waals surface area contributed by atoms with Gasteiger partial charge in [-0.3, -0.25) is 0 Å². The maximum Gasteiger partial charge on any atom is 0.0406 e. The van der Waals surface area contributed by atoms with Crippen molar-refractivity contribution in [2.24, 2.45) is 0 Å². The number of rotatable bonds is 9. The Labute approximate surface area is 283 Å². The van der Waals surface area contributed by atoms with E-state index < -0.39 is 0 Å². The molecule has 0 aromatic heterocycles. The number of fused-ring (bicyclic) bond motifs is 6. The summed E-state index contributed by atoms with van der Waals surface area (Å²) in [6.45, 7) is 9.53. The molecule has 0 aliphatic heterocycles. The Hall–Kier alpha value is -3.13. The molecule has 1 atom stereocenters. The Kier molecular flexibility index (Phi) is 8.07. The van der Waals surface area contributed by atoms with Gasteiger partial charge in [-0.25, -0.2) is 0 Å². The minimum atomic E-state index is -0.0886. The maximum atomic E-state index is 6.18. The van der Waals surface area contributed by atoms with Crippen molar-refractivity contribution in [1.82, 2.24) is 0 Å². The van der Waals surface area contributed by atoms with Crippen LogP contribution in [0.2, 0.25) is 5.02 Å². The van der Waals surface area contributed by atoms with Crippen LogP contribution in [0.1, 0.15) is 94.9 Å². The van der Waals surface area contributed by atoms with Crippen molar-refractivity contribution < 1.29 is 0 Å². The molecule has 7 rings (SSSR count). The monoisotopic (exact) mass is 672 g/mol. The van der Waals surface area contributed by atoms with E-state index in [2.05, 4.69) is 129 Å². The second-order valence-electron chi connectivity index (χ2n) is 14.0. The van der Waals surface area contributed by atoms with Crippen molar-refractivity contribution in [3.05, 3.63) is 129 Å². The Balaban J connectivity index is 1.23. The van der Waals surface area contributed by atoms with E-state index in [0.29, 0.717) is 0 Å². The van der Waals surface area contributed by atoms with E-state index in [1.54, 1.807) is 0 Å². The van der Waals surface area contributed by atoms with Gasteiger partial charge in [-0.2, -0.15) is 0 Å². The number of unbranched alkanes of at least 4 members (excludes halogenated alkanes) is 5. The molecule has 5 aromatic rings. The first kappa shape index (κ1) is 30.5. The van der Waals surface area contributed by atoms with Crippen molar-refractivity contribution in [2.75, 3.05) is 0 Å². The Morgan fingerprint density at radius 3 is 1.56 bits per heavy atom. The van der Waals surface area contributed by atoms with Gasteiger partial charge in [0.15, 0.2) is 0 Å².